The predicted octanol–water partition coefficient (Wildman–Crippen LogP) is 1.54. The molecule has 1 atom stereocenters. The third kappa shape index (κ3) is 3.35. The lowest BCUT2D eigenvalue weighted by atomic mass is 10.3. The van der Waals surface area contributed by atoms with Crippen molar-refractivity contribution in [3.8, 4) is 0 Å². The maximum atomic E-state index is 13.7. The Morgan fingerprint density at radius 3 is 2.86 bits per heavy atom. The van der Waals surface area contributed by atoms with Crippen LogP contribution in [0.25, 0.3) is 0 Å². The zero-order valence-electron chi connectivity index (χ0n) is 11.7. The van der Waals surface area contributed by atoms with E-state index in [-0.39, 0.29) is 11.5 Å². The third-order valence-corrected chi connectivity index (χ3v) is 3.32. The molecule has 0 aliphatic heterocycles. The quantitative estimate of drug-likeness (QED) is 0.666. The average molecular weight is 357 g/mol. The smallest absolute Gasteiger partial charge is 0.264 e. The van der Waals surface area contributed by atoms with Gasteiger partial charge in [-0.15, -0.1) is 0 Å². The van der Waals surface area contributed by atoms with E-state index in [0.717, 1.165) is 9.15 Å². The van der Waals surface area contributed by atoms with Gasteiger partial charge in [0.15, 0.2) is 0 Å². The van der Waals surface area contributed by atoms with Gasteiger partial charge >= 0.3 is 0 Å². The SMILES string of the molecule is Cc1nn(C)c(F)c1/C=N\NC(=O)[C@@H](C)n1cc(Br)cn1. The molecule has 0 saturated carbocycles. The van der Waals surface area contributed by atoms with Gasteiger partial charge in [0, 0.05) is 13.2 Å². The molecular formula is C12H14BrFN6O. The van der Waals surface area contributed by atoms with E-state index in [2.05, 4.69) is 36.7 Å². The number of hydrogen-bond donors (Lipinski definition) is 1. The first kappa shape index (κ1) is 15.4. The van der Waals surface area contributed by atoms with E-state index in [9.17, 15) is 9.18 Å². The molecule has 0 bridgehead atoms. The van der Waals surface area contributed by atoms with Gasteiger partial charge in [-0.2, -0.15) is 19.7 Å². The summed E-state index contributed by atoms with van der Waals surface area (Å²) in [7, 11) is 1.50. The number of carbonyl (C=O) groups excluding carboxylic acids is 1. The van der Waals surface area contributed by atoms with Crippen molar-refractivity contribution in [2.45, 2.75) is 19.9 Å². The second kappa shape index (κ2) is 6.17. The summed E-state index contributed by atoms with van der Waals surface area (Å²) in [6.45, 7) is 3.34. The molecule has 1 N–H and O–H groups in total. The van der Waals surface area contributed by atoms with Gasteiger partial charge in [0.2, 0.25) is 5.95 Å². The van der Waals surface area contributed by atoms with Crippen LogP contribution in [0.4, 0.5) is 4.39 Å². The summed E-state index contributed by atoms with van der Waals surface area (Å²) in [5.74, 6) is -0.863. The topological polar surface area (TPSA) is 77.1 Å². The van der Waals surface area contributed by atoms with Crippen molar-refractivity contribution in [3.05, 3.63) is 34.1 Å². The van der Waals surface area contributed by atoms with Crippen LogP contribution in [0.1, 0.15) is 24.2 Å². The van der Waals surface area contributed by atoms with Gasteiger partial charge in [-0.05, 0) is 29.8 Å². The van der Waals surface area contributed by atoms with Gasteiger partial charge in [0.1, 0.15) is 6.04 Å². The molecule has 0 saturated heterocycles. The van der Waals surface area contributed by atoms with Crippen LogP contribution >= 0.6 is 15.9 Å². The zero-order valence-corrected chi connectivity index (χ0v) is 13.3. The summed E-state index contributed by atoms with van der Waals surface area (Å²) >= 11 is 3.26. The number of amides is 1. The number of hydrogen-bond acceptors (Lipinski definition) is 4. The number of nitrogens with zero attached hydrogens (tertiary/aromatic N) is 5. The number of hydrazone groups is 1. The number of rotatable bonds is 4. The van der Waals surface area contributed by atoms with Crippen molar-refractivity contribution in [1.82, 2.24) is 25.0 Å². The van der Waals surface area contributed by atoms with Gasteiger partial charge in [-0.25, -0.2) is 10.1 Å². The van der Waals surface area contributed by atoms with Crippen LogP contribution in [0.5, 0.6) is 0 Å². The van der Waals surface area contributed by atoms with Crippen LogP contribution < -0.4 is 5.43 Å². The van der Waals surface area contributed by atoms with Crippen LogP contribution in [0.15, 0.2) is 22.0 Å². The van der Waals surface area contributed by atoms with E-state index in [0.29, 0.717) is 5.69 Å². The molecule has 0 radical (unpaired) electrons. The standard InChI is InChI=1S/C12H14BrFN6O/c1-7-10(11(14)19(3)18-7)5-15-17-12(21)8(2)20-6-9(13)4-16-20/h4-6,8H,1-3H3,(H,17,21)/b15-5-/t8-/m1/s1. The lowest BCUT2D eigenvalue weighted by Crippen LogP contribution is -2.27. The second-order valence-corrected chi connectivity index (χ2v) is 5.38. The third-order valence-electron chi connectivity index (χ3n) is 2.91. The molecule has 2 aromatic rings. The Morgan fingerprint density at radius 2 is 2.33 bits per heavy atom. The minimum atomic E-state index is -0.534. The fourth-order valence-electron chi connectivity index (χ4n) is 1.69. The molecule has 0 aromatic carbocycles. The Hall–Kier alpha value is -2.03. The summed E-state index contributed by atoms with van der Waals surface area (Å²) < 4.78 is 17.0. The summed E-state index contributed by atoms with van der Waals surface area (Å²) in [4.78, 5) is 11.9. The maximum absolute atomic E-state index is 13.7. The van der Waals surface area contributed by atoms with Crippen LogP contribution in [0.2, 0.25) is 0 Å². The van der Waals surface area contributed by atoms with Crippen LogP contribution in [-0.2, 0) is 11.8 Å². The molecule has 7 nitrogen and oxygen atoms in total. The number of nitrogens with one attached hydrogen (secondary N) is 1. The van der Waals surface area contributed by atoms with Crippen molar-refractivity contribution in [2.75, 3.05) is 0 Å². The lowest BCUT2D eigenvalue weighted by Gasteiger charge is -2.09. The fraction of sp³-hybridized carbons (Fsp3) is 0.333. The molecular weight excluding hydrogens is 343 g/mol. The molecule has 112 valence electrons. The number of aryl methyl sites for hydroxylation is 2. The highest BCUT2D eigenvalue weighted by molar-refractivity contribution is 9.10. The molecule has 0 unspecified atom stereocenters. The van der Waals surface area contributed by atoms with Gasteiger partial charge in [0.25, 0.3) is 5.91 Å². The van der Waals surface area contributed by atoms with Crippen molar-refractivity contribution in [1.29, 1.82) is 0 Å². The Balaban J connectivity index is 2.02. The first-order chi connectivity index (χ1) is 9.90. The van der Waals surface area contributed by atoms with Crippen molar-refractivity contribution >= 4 is 28.1 Å². The molecule has 1 amide bonds. The monoisotopic (exact) mass is 356 g/mol. The van der Waals surface area contributed by atoms with Gasteiger partial charge in [-0.1, -0.05) is 0 Å². The molecule has 0 aliphatic rings. The normalized spacial score (nSPS) is 12.8. The molecule has 0 fully saturated rings. The Morgan fingerprint density at radius 1 is 1.62 bits per heavy atom. The minimum Gasteiger partial charge on any atom is -0.271 e. The molecule has 9 heteroatoms. The molecule has 2 heterocycles. The second-order valence-electron chi connectivity index (χ2n) is 4.46. The van der Waals surface area contributed by atoms with E-state index < -0.39 is 12.0 Å². The Bertz CT molecular complexity index is 692. The Labute approximate surface area is 129 Å². The molecule has 2 rings (SSSR count). The molecule has 21 heavy (non-hydrogen) atoms. The first-order valence-electron chi connectivity index (χ1n) is 6.11. The minimum absolute atomic E-state index is 0.243. The van der Waals surface area contributed by atoms with Gasteiger partial charge in [-0.3, -0.25) is 9.48 Å². The molecule has 2 aromatic heterocycles. The first-order valence-corrected chi connectivity index (χ1v) is 6.91. The lowest BCUT2D eigenvalue weighted by molar-refractivity contribution is -0.124. The number of halogens is 2. The van der Waals surface area contributed by atoms with Crippen LogP contribution in [-0.4, -0.2) is 31.7 Å². The predicted molar refractivity (Wildman–Crippen MR) is 78.3 cm³/mol. The molecule has 0 spiro atoms. The summed E-state index contributed by atoms with van der Waals surface area (Å²) in [5.41, 5.74) is 3.09. The highest BCUT2D eigenvalue weighted by Crippen LogP contribution is 2.11. The van der Waals surface area contributed by atoms with Crippen LogP contribution in [0.3, 0.4) is 0 Å². The van der Waals surface area contributed by atoms with E-state index in [1.54, 1.807) is 26.2 Å². The number of aromatic nitrogens is 4. The van der Waals surface area contributed by atoms with E-state index >= 15 is 0 Å². The van der Waals surface area contributed by atoms with E-state index in [1.165, 1.54) is 17.9 Å². The maximum Gasteiger partial charge on any atom is 0.264 e. The highest BCUT2D eigenvalue weighted by atomic mass is 79.9. The van der Waals surface area contributed by atoms with Crippen LogP contribution in [0, 0.1) is 12.9 Å². The average Bonchev–Trinajstić information content (AvgIpc) is 2.96. The summed E-state index contributed by atoms with van der Waals surface area (Å²) in [6.07, 6.45) is 4.50. The van der Waals surface area contributed by atoms with E-state index in [1.807, 2.05) is 0 Å². The summed E-state index contributed by atoms with van der Waals surface area (Å²) in [6, 6.07) is -0.534. The summed E-state index contributed by atoms with van der Waals surface area (Å²) in [5, 5.41) is 11.7. The molecule has 0 aliphatic carbocycles. The van der Waals surface area contributed by atoms with Crippen molar-refractivity contribution in [3.63, 3.8) is 0 Å². The zero-order chi connectivity index (χ0) is 15.6. The van der Waals surface area contributed by atoms with Crippen molar-refractivity contribution in [2.24, 2.45) is 12.1 Å². The highest BCUT2D eigenvalue weighted by Gasteiger charge is 2.15. The van der Waals surface area contributed by atoms with Gasteiger partial charge < -0.3 is 0 Å². The Kier molecular flexibility index (Phi) is 4.51. The van der Waals surface area contributed by atoms with Gasteiger partial charge in [0.05, 0.1) is 28.1 Å². The van der Waals surface area contributed by atoms with E-state index in [4.69, 9.17) is 0 Å². The van der Waals surface area contributed by atoms with Crippen molar-refractivity contribution < 1.29 is 9.18 Å². The fourth-order valence-corrected chi connectivity index (χ4v) is 2.00. The largest absolute Gasteiger partial charge is 0.271 e. The number of carbonyl (C=O) groups is 1.